The third kappa shape index (κ3) is 3.06. The molecule has 2 aromatic heterocycles. The second-order valence-corrected chi connectivity index (χ2v) is 7.24. The number of aryl methyl sites for hydroxylation is 2. The summed E-state index contributed by atoms with van der Waals surface area (Å²) in [5.41, 5.74) is 0.855. The van der Waals surface area contributed by atoms with E-state index in [1.807, 2.05) is 0 Å². The van der Waals surface area contributed by atoms with Crippen LogP contribution in [0, 0.1) is 6.92 Å². The Morgan fingerprint density at radius 2 is 2.08 bits per heavy atom. The van der Waals surface area contributed by atoms with E-state index < -0.39 is 0 Å². The predicted molar refractivity (Wildman–Crippen MR) is 94.0 cm³/mol. The maximum atomic E-state index is 12.7. The zero-order valence-electron chi connectivity index (χ0n) is 15.1. The summed E-state index contributed by atoms with van der Waals surface area (Å²) in [5, 5.41) is 11.1. The van der Waals surface area contributed by atoms with Crippen LogP contribution >= 0.6 is 0 Å². The fourth-order valence-electron chi connectivity index (χ4n) is 4.19. The molecule has 138 valence electrons. The van der Waals surface area contributed by atoms with E-state index in [0.717, 1.165) is 25.1 Å². The second-order valence-electron chi connectivity index (χ2n) is 7.24. The molecule has 1 N–H and O–H groups in total. The molecule has 1 saturated carbocycles. The number of carbonyl (C=O) groups is 2. The third-order valence-corrected chi connectivity index (χ3v) is 5.49. The molecule has 7 nitrogen and oxygen atoms in total. The Kier molecular flexibility index (Phi) is 4.61. The van der Waals surface area contributed by atoms with E-state index in [4.69, 9.17) is 4.42 Å². The molecule has 2 aliphatic carbocycles. The van der Waals surface area contributed by atoms with Gasteiger partial charge in [-0.2, -0.15) is 0 Å². The predicted octanol–water partition coefficient (Wildman–Crippen LogP) is 3.13. The molecule has 0 spiro atoms. The fraction of sp³-hybridized carbons (Fsp3) is 0.579. The monoisotopic (exact) mass is 356 g/mol. The van der Waals surface area contributed by atoms with E-state index in [2.05, 4.69) is 20.1 Å². The van der Waals surface area contributed by atoms with Gasteiger partial charge < -0.3 is 14.3 Å². The molecule has 1 amide bonds. The summed E-state index contributed by atoms with van der Waals surface area (Å²) in [6.45, 7) is 2.04. The van der Waals surface area contributed by atoms with Gasteiger partial charge >= 0.3 is 0 Å². The maximum absolute atomic E-state index is 12.7. The molecule has 1 fully saturated rings. The summed E-state index contributed by atoms with van der Waals surface area (Å²) < 4.78 is 7.76. The van der Waals surface area contributed by atoms with Crippen molar-refractivity contribution >= 4 is 11.7 Å². The number of hydrogen-bond donors (Lipinski definition) is 1. The highest BCUT2D eigenvalue weighted by Crippen LogP contribution is 2.30. The summed E-state index contributed by atoms with van der Waals surface area (Å²) in [6, 6.07) is 0.413. The second kappa shape index (κ2) is 7.05. The van der Waals surface area contributed by atoms with Gasteiger partial charge in [-0.3, -0.25) is 9.59 Å². The van der Waals surface area contributed by atoms with E-state index in [9.17, 15) is 9.59 Å². The van der Waals surface area contributed by atoms with E-state index in [1.165, 1.54) is 19.3 Å². The average molecular weight is 356 g/mol. The Hall–Kier alpha value is -2.44. The molecular weight excluding hydrogens is 332 g/mol. The topological polar surface area (TPSA) is 90.0 Å². The van der Waals surface area contributed by atoms with Crippen molar-refractivity contribution in [1.82, 2.24) is 20.1 Å². The van der Waals surface area contributed by atoms with Crippen molar-refractivity contribution < 1.29 is 14.0 Å². The van der Waals surface area contributed by atoms with Crippen molar-refractivity contribution in [3.8, 4) is 0 Å². The molecule has 4 rings (SSSR count). The first-order valence-electron chi connectivity index (χ1n) is 9.47. The van der Waals surface area contributed by atoms with E-state index in [1.54, 1.807) is 13.3 Å². The Balaban J connectivity index is 1.50. The lowest BCUT2D eigenvalue weighted by Crippen LogP contribution is -2.28. The molecule has 0 radical (unpaired) electrons. The molecular formula is C19H24N4O3. The fourth-order valence-corrected chi connectivity index (χ4v) is 4.19. The zero-order valence-corrected chi connectivity index (χ0v) is 15.1. The number of nitrogens with zero attached hydrogens (tertiary/aromatic N) is 3. The first-order chi connectivity index (χ1) is 12.6. The van der Waals surface area contributed by atoms with Crippen LogP contribution in [0.2, 0.25) is 0 Å². The Morgan fingerprint density at radius 3 is 2.88 bits per heavy atom. The van der Waals surface area contributed by atoms with Crippen LogP contribution in [0.25, 0.3) is 0 Å². The smallest absolute Gasteiger partial charge is 0.255 e. The number of furan rings is 1. The van der Waals surface area contributed by atoms with Gasteiger partial charge in [0.15, 0.2) is 11.6 Å². The lowest BCUT2D eigenvalue weighted by molar-refractivity contribution is 0.0924. The molecule has 2 aliphatic rings. The minimum absolute atomic E-state index is 0.00128. The van der Waals surface area contributed by atoms with Crippen molar-refractivity contribution in [2.24, 2.45) is 0 Å². The highest BCUT2D eigenvalue weighted by Gasteiger charge is 2.30. The van der Waals surface area contributed by atoms with Gasteiger partial charge in [-0.15, -0.1) is 10.2 Å². The summed E-state index contributed by atoms with van der Waals surface area (Å²) in [4.78, 5) is 25.0. The lowest BCUT2D eigenvalue weighted by Gasteiger charge is -2.24. The van der Waals surface area contributed by atoms with Gasteiger partial charge in [0.05, 0.1) is 17.7 Å². The van der Waals surface area contributed by atoms with Crippen LogP contribution in [0.1, 0.15) is 89.0 Å². The molecule has 0 aliphatic heterocycles. The van der Waals surface area contributed by atoms with Crippen LogP contribution < -0.4 is 5.32 Å². The van der Waals surface area contributed by atoms with Crippen molar-refractivity contribution in [3.63, 3.8) is 0 Å². The van der Waals surface area contributed by atoms with Crippen molar-refractivity contribution in [2.45, 2.75) is 70.9 Å². The molecule has 0 unspecified atom stereocenters. The summed E-state index contributed by atoms with van der Waals surface area (Å²) in [7, 11) is 0. The van der Waals surface area contributed by atoms with E-state index >= 15 is 0 Å². The highest BCUT2D eigenvalue weighted by atomic mass is 16.3. The normalized spacial score (nSPS) is 18.0. The number of amides is 1. The van der Waals surface area contributed by atoms with Gasteiger partial charge in [-0.05, 0) is 26.2 Å². The Morgan fingerprint density at radius 1 is 1.27 bits per heavy atom. The molecule has 0 bridgehead atoms. The van der Waals surface area contributed by atoms with Crippen LogP contribution in [-0.4, -0.2) is 26.5 Å². The summed E-state index contributed by atoms with van der Waals surface area (Å²) in [6.07, 6.45) is 9.70. The molecule has 7 heteroatoms. The molecule has 0 saturated heterocycles. The highest BCUT2D eigenvalue weighted by molar-refractivity contribution is 6.09. The number of aromatic nitrogens is 3. The van der Waals surface area contributed by atoms with Crippen LogP contribution in [0.4, 0.5) is 0 Å². The lowest BCUT2D eigenvalue weighted by atomic mass is 9.93. The van der Waals surface area contributed by atoms with Gasteiger partial charge in [0.2, 0.25) is 0 Å². The molecule has 26 heavy (non-hydrogen) atoms. The van der Waals surface area contributed by atoms with Crippen LogP contribution in [0.5, 0.6) is 0 Å². The quantitative estimate of drug-likeness (QED) is 0.909. The number of ketones is 1. The summed E-state index contributed by atoms with van der Waals surface area (Å²) in [5.74, 6) is 1.64. The molecule has 0 atom stereocenters. The molecule has 2 aromatic rings. The first-order valence-corrected chi connectivity index (χ1v) is 9.47. The standard InChI is InChI=1S/C19H24N4O3/c1-12-17(18-14(24)8-5-9-15(18)26-12)19(25)20-10-16-22-21-11-23(16)13-6-3-2-4-7-13/h11,13H,2-10H2,1H3,(H,20,25). The Labute approximate surface area is 152 Å². The SMILES string of the molecule is Cc1oc2c(c1C(=O)NCc1nncn1C1CCCCC1)C(=O)CCC2. The van der Waals surface area contributed by atoms with Crippen molar-refractivity contribution in [2.75, 3.05) is 0 Å². The molecule has 2 heterocycles. The number of Topliss-reactive ketones (excluding diaryl/α,β-unsaturated/α-hetero) is 1. The number of fused-ring (bicyclic) bond motifs is 1. The first kappa shape index (κ1) is 17.0. The van der Waals surface area contributed by atoms with Gasteiger partial charge in [0.1, 0.15) is 17.8 Å². The van der Waals surface area contributed by atoms with Gasteiger partial charge in [-0.25, -0.2) is 0 Å². The van der Waals surface area contributed by atoms with E-state index in [-0.39, 0.29) is 11.7 Å². The minimum atomic E-state index is -0.277. The summed E-state index contributed by atoms with van der Waals surface area (Å²) >= 11 is 0. The van der Waals surface area contributed by atoms with Gasteiger partial charge in [0, 0.05) is 18.9 Å². The van der Waals surface area contributed by atoms with Crippen LogP contribution in [0.15, 0.2) is 10.7 Å². The number of rotatable bonds is 4. The zero-order chi connectivity index (χ0) is 18.1. The Bertz CT molecular complexity index is 830. The average Bonchev–Trinajstić information content (AvgIpc) is 3.25. The third-order valence-electron chi connectivity index (χ3n) is 5.49. The van der Waals surface area contributed by atoms with Crippen molar-refractivity contribution in [3.05, 3.63) is 34.8 Å². The van der Waals surface area contributed by atoms with Crippen molar-refractivity contribution in [1.29, 1.82) is 0 Å². The number of hydrogen-bond acceptors (Lipinski definition) is 5. The van der Waals surface area contributed by atoms with Gasteiger partial charge in [0.25, 0.3) is 5.91 Å². The maximum Gasteiger partial charge on any atom is 0.255 e. The van der Waals surface area contributed by atoms with E-state index in [0.29, 0.717) is 48.1 Å². The van der Waals surface area contributed by atoms with Crippen LogP contribution in [-0.2, 0) is 13.0 Å². The van der Waals surface area contributed by atoms with Crippen LogP contribution in [0.3, 0.4) is 0 Å². The van der Waals surface area contributed by atoms with Gasteiger partial charge in [-0.1, -0.05) is 19.3 Å². The largest absolute Gasteiger partial charge is 0.465 e. The number of carbonyl (C=O) groups excluding carboxylic acids is 2. The minimum Gasteiger partial charge on any atom is -0.465 e. The number of nitrogens with one attached hydrogen (secondary N) is 1. The molecule has 0 aromatic carbocycles.